The summed E-state index contributed by atoms with van der Waals surface area (Å²) >= 11 is 1.87. The van der Waals surface area contributed by atoms with Crippen LogP contribution in [0, 0.1) is 0 Å². The van der Waals surface area contributed by atoms with Gasteiger partial charge in [-0.3, -0.25) is 9.13 Å². The number of fused-ring (bicyclic) bond motifs is 12. The summed E-state index contributed by atoms with van der Waals surface area (Å²) in [5, 5.41) is 9.03. The van der Waals surface area contributed by atoms with Crippen molar-refractivity contribution in [2.24, 2.45) is 0 Å². The SMILES string of the molecule is c1ccc(-n2c3ccccc3c3c4cccc5c4n(c32)-c2cc(-c3ccc(-n4c6ccccc6c6c7ccccc7ccc64)cc3)ccc2S5)cc1. The van der Waals surface area contributed by atoms with E-state index in [9.17, 15) is 0 Å². The van der Waals surface area contributed by atoms with Crippen molar-refractivity contribution in [3.8, 4) is 28.2 Å². The molecule has 4 heterocycles. The first-order valence-electron chi connectivity index (χ1n) is 17.8. The minimum Gasteiger partial charge on any atom is -0.309 e. The van der Waals surface area contributed by atoms with Gasteiger partial charge in [-0.15, -0.1) is 0 Å². The highest BCUT2D eigenvalue weighted by atomic mass is 32.2. The zero-order valence-corrected chi connectivity index (χ0v) is 28.8. The molecule has 3 nitrogen and oxygen atoms in total. The van der Waals surface area contributed by atoms with Crippen molar-refractivity contribution in [1.29, 1.82) is 0 Å². The second kappa shape index (κ2) is 10.5. The van der Waals surface area contributed by atoms with E-state index >= 15 is 0 Å². The van der Waals surface area contributed by atoms with Gasteiger partial charge in [-0.05, 0) is 82.6 Å². The Morgan fingerprint density at radius 3 is 1.85 bits per heavy atom. The molecule has 0 bridgehead atoms. The van der Waals surface area contributed by atoms with Gasteiger partial charge in [-0.25, -0.2) is 0 Å². The minimum atomic E-state index is 1.16. The molecule has 242 valence electrons. The Kier molecular flexibility index (Phi) is 5.71. The summed E-state index contributed by atoms with van der Waals surface area (Å²) in [7, 11) is 0. The first-order valence-corrected chi connectivity index (χ1v) is 18.6. The van der Waals surface area contributed by atoms with E-state index in [2.05, 4.69) is 190 Å². The third-order valence-electron chi connectivity index (χ3n) is 11.0. The van der Waals surface area contributed by atoms with Gasteiger partial charge in [-0.2, -0.15) is 0 Å². The molecule has 0 saturated heterocycles. The average Bonchev–Trinajstić information content (AvgIpc) is 3.85. The summed E-state index contributed by atoms with van der Waals surface area (Å²) in [6.07, 6.45) is 0. The summed E-state index contributed by atoms with van der Waals surface area (Å²) in [5.74, 6) is 0. The largest absolute Gasteiger partial charge is 0.309 e. The molecule has 0 saturated carbocycles. The maximum atomic E-state index is 2.53. The molecule has 1 aliphatic heterocycles. The van der Waals surface area contributed by atoms with Crippen molar-refractivity contribution in [3.63, 3.8) is 0 Å². The second-order valence-electron chi connectivity index (χ2n) is 13.7. The first kappa shape index (κ1) is 28.2. The molecule has 11 aromatic rings. The summed E-state index contributed by atoms with van der Waals surface area (Å²) in [6, 6.07) is 64.5. The zero-order valence-electron chi connectivity index (χ0n) is 28.0. The van der Waals surface area contributed by atoms with Crippen molar-refractivity contribution in [2.45, 2.75) is 9.79 Å². The van der Waals surface area contributed by atoms with Gasteiger partial charge >= 0.3 is 0 Å². The highest BCUT2D eigenvalue weighted by Gasteiger charge is 2.28. The lowest BCUT2D eigenvalue weighted by molar-refractivity contribution is 1.03. The van der Waals surface area contributed by atoms with Crippen molar-refractivity contribution < 1.29 is 0 Å². The van der Waals surface area contributed by atoms with Gasteiger partial charge < -0.3 is 4.57 Å². The fourth-order valence-corrected chi connectivity index (χ4v) is 9.89. The standard InChI is InChI=1S/C48H29N3S/c1-2-12-33(13-3-1)50-40-19-9-7-16-37(40)46-38-17-10-20-44-47(38)51(48(46)50)42-29-32(24-28-43(42)52-44)30-21-25-34(26-22-30)49-39-18-8-6-15-36(39)45-35-14-5-4-11-31(35)23-27-41(45)49/h1-29H. The number of nitrogens with zero attached hydrogens (tertiary/aromatic N) is 3. The van der Waals surface area contributed by atoms with Crippen LogP contribution in [-0.2, 0) is 0 Å². The lowest BCUT2D eigenvalue weighted by Gasteiger charge is -2.22. The fraction of sp³-hybridized carbons (Fsp3) is 0. The molecular weight excluding hydrogens is 651 g/mol. The van der Waals surface area contributed by atoms with Crippen LogP contribution in [-0.4, -0.2) is 13.7 Å². The van der Waals surface area contributed by atoms with Gasteiger partial charge in [0, 0.05) is 48.1 Å². The summed E-state index contributed by atoms with van der Waals surface area (Å²) < 4.78 is 7.39. The number of hydrogen-bond donors (Lipinski definition) is 0. The predicted octanol–water partition coefficient (Wildman–Crippen LogP) is 13.1. The quantitative estimate of drug-likeness (QED) is 0.181. The number of aromatic nitrogens is 3. The number of para-hydroxylation sites is 4. The normalized spacial score (nSPS) is 12.5. The van der Waals surface area contributed by atoms with Crippen LogP contribution in [0.5, 0.6) is 0 Å². The van der Waals surface area contributed by atoms with Gasteiger partial charge in [0.25, 0.3) is 0 Å². The molecule has 52 heavy (non-hydrogen) atoms. The number of benzene rings is 8. The maximum Gasteiger partial charge on any atom is 0.131 e. The van der Waals surface area contributed by atoms with E-state index in [-0.39, 0.29) is 0 Å². The highest BCUT2D eigenvalue weighted by molar-refractivity contribution is 7.99. The van der Waals surface area contributed by atoms with Crippen molar-refractivity contribution >= 4 is 77.2 Å². The molecule has 3 aromatic heterocycles. The molecule has 0 atom stereocenters. The zero-order chi connectivity index (χ0) is 33.9. The maximum absolute atomic E-state index is 2.53. The third kappa shape index (κ3) is 3.77. The lowest BCUT2D eigenvalue weighted by Crippen LogP contribution is -2.06. The van der Waals surface area contributed by atoms with Crippen LogP contribution in [0.15, 0.2) is 186 Å². The Balaban J connectivity index is 1.06. The molecule has 0 unspecified atom stereocenters. The Hall–Kier alpha value is -6.49. The molecule has 0 N–H and O–H groups in total. The highest BCUT2D eigenvalue weighted by Crippen LogP contribution is 2.50. The molecule has 8 aromatic carbocycles. The van der Waals surface area contributed by atoms with Crippen LogP contribution in [0.25, 0.3) is 93.6 Å². The molecule has 1 aliphatic rings. The van der Waals surface area contributed by atoms with Gasteiger partial charge in [0.05, 0.1) is 27.8 Å². The van der Waals surface area contributed by atoms with Crippen molar-refractivity contribution in [2.75, 3.05) is 0 Å². The summed E-state index contributed by atoms with van der Waals surface area (Å²) in [6.45, 7) is 0. The molecule has 12 rings (SSSR count). The molecule has 0 spiro atoms. The first-order chi connectivity index (χ1) is 25.8. The van der Waals surface area contributed by atoms with Crippen LogP contribution < -0.4 is 0 Å². The van der Waals surface area contributed by atoms with Gasteiger partial charge in [0.15, 0.2) is 0 Å². The minimum absolute atomic E-state index is 1.16. The van der Waals surface area contributed by atoms with E-state index < -0.39 is 0 Å². The van der Waals surface area contributed by atoms with E-state index in [0.29, 0.717) is 0 Å². The van der Waals surface area contributed by atoms with Crippen LogP contribution in [0.4, 0.5) is 0 Å². The molecular formula is C48H29N3S. The van der Waals surface area contributed by atoms with Gasteiger partial charge in [0.2, 0.25) is 0 Å². The van der Waals surface area contributed by atoms with Crippen molar-refractivity contribution in [3.05, 3.63) is 176 Å². The Labute approximate surface area is 303 Å². The Morgan fingerprint density at radius 2 is 1.02 bits per heavy atom. The smallest absolute Gasteiger partial charge is 0.131 e. The Bertz CT molecular complexity index is 3250. The number of hydrogen-bond acceptors (Lipinski definition) is 1. The summed E-state index contributed by atoms with van der Waals surface area (Å²) in [4.78, 5) is 2.56. The molecule has 0 amide bonds. The van der Waals surface area contributed by atoms with Crippen LogP contribution >= 0.6 is 11.8 Å². The molecule has 0 fully saturated rings. The lowest BCUT2D eigenvalue weighted by atomic mass is 10.0. The van der Waals surface area contributed by atoms with Gasteiger partial charge in [-0.1, -0.05) is 127 Å². The van der Waals surface area contributed by atoms with Crippen molar-refractivity contribution in [1.82, 2.24) is 13.7 Å². The van der Waals surface area contributed by atoms with Gasteiger partial charge in [0.1, 0.15) is 5.65 Å². The van der Waals surface area contributed by atoms with E-state index in [0.717, 1.165) is 5.69 Å². The average molecular weight is 680 g/mol. The second-order valence-corrected chi connectivity index (χ2v) is 14.8. The monoisotopic (exact) mass is 679 g/mol. The third-order valence-corrected chi connectivity index (χ3v) is 12.1. The molecule has 0 radical (unpaired) electrons. The van der Waals surface area contributed by atoms with E-state index in [1.165, 1.54) is 97.7 Å². The molecule has 0 aliphatic carbocycles. The number of rotatable bonds is 3. The fourth-order valence-electron chi connectivity index (χ4n) is 8.82. The van der Waals surface area contributed by atoms with Crippen LogP contribution in [0.2, 0.25) is 0 Å². The van der Waals surface area contributed by atoms with Crippen LogP contribution in [0.1, 0.15) is 0 Å². The molecule has 4 heteroatoms. The predicted molar refractivity (Wildman–Crippen MR) is 219 cm³/mol. The topological polar surface area (TPSA) is 14.8 Å². The Morgan fingerprint density at radius 1 is 0.365 bits per heavy atom. The summed E-state index contributed by atoms with van der Waals surface area (Å²) in [5.41, 5.74) is 12.1. The van der Waals surface area contributed by atoms with E-state index in [4.69, 9.17) is 0 Å². The van der Waals surface area contributed by atoms with E-state index in [1.807, 2.05) is 11.8 Å². The van der Waals surface area contributed by atoms with Crippen LogP contribution in [0.3, 0.4) is 0 Å². The van der Waals surface area contributed by atoms with E-state index in [1.54, 1.807) is 0 Å².